The number of hydrogen-bond acceptors (Lipinski definition) is 6. The van der Waals surface area contributed by atoms with E-state index in [9.17, 15) is 14.9 Å². The zero-order chi connectivity index (χ0) is 18.9. The van der Waals surface area contributed by atoms with E-state index in [1.165, 1.54) is 12.1 Å². The standard InChI is InChI=1S/C18H20N2O6/c1-3-24-16-11-15(20(22)23)17(25-4-2)10-13(16)12-19-18(21)26-14-8-6-5-7-9-14/h5-11H,3-4,12H2,1-2H3,(H,19,21). The number of nitrogens with one attached hydrogen (secondary N) is 1. The highest BCUT2D eigenvalue weighted by molar-refractivity contribution is 5.70. The highest BCUT2D eigenvalue weighted by Gasteiger charge is 2.20. The second-order valence-electron chi connectivity index (χ2n) is 5.11. The molecule has 0 heterocycles. The molecular weight excluding hydrogens is 340 g/mol. The minimum atomic E-state index is -0.644. The topological polar surface area (TPSA) is 99.9 Å². The van der Waals surface area contributed by atoms with Gasteiger partial charge >= 0.3 is 11.8 Å². The Hall–Kier alpha value is -3.29. The van der Waals surface area contributed by atoms with Crippen LogP contribution < -0.4 is 19.5 Å². The molecule has 1 N–H and O–H groups in total. The molecule has 0 aliphatic carbocycles. The first-order valence-corrected chi connectivity index (χ1v) is 8.12. The van der Waals surface area contributed by atoms with E-state index >= 15 is 0 Å². The summed E-state index contributed by atoms with van der Waals surface area (Å²) in [6.45, 7) is 4.17. The average molecular weight is 360 g/mol. The first-order chi connectivity index (χ1) is 12.5. The van der Waals surface area contributed by atoms with Gasteiger partial charge in [0.25, 0.3) is 0 Å². The lowest BCUT2D eigenvalue weighted by molar-refractivity contribution is -0.385. The fourth-order valence-electron chi connectivity index (χ4n) is 2.23. The minimum Gasteiger partial charge on any atom is -0.493 e. The lowest BCUT2D eigenvalue weighted by atomic mass is 10.1. The number of nitrogens with zero attached hydrogens (tertiary/aromatic N) is 1. The van der Waals surface area contributed by atoms with Gasteiger partial charge < -0.3 is 19.5 Å². The smallest absolute Gasteiger partial charge is 0.412 e. The maximum Gasteiger partial charge on any atom is 0.412 e. The molecular formula is C18H20N2O6. The van der Waals surface area contributed by atoms with Gasteiger partial charge in [-0.1, -0.05) is 18.2 Å². The molecule has 0 aromatic heterocycles. The first kappa shape index (κ1) is 19.0. The minimum absolute atomic E-state index is 0.0685. The summed E-state index contributed by atoms with van der Waals surface area (Å²) in [5.74, 6) is 0.839. The second kappa shape index (κ2) is 9.26. The molecule has 2 aromatic rings. The second-order valence-corrected chi connectivity index (χ2v) is 5.11. The fraction of sp³-hybridized carbons (Fsp3) is 0.278. The van der Waals surface area contributed by atoms with Gasteiger partial charge in [-0.15, -0.1) is 0 Å². The summed E-state index contributed by atoms with van der Waals surface area (Å²) in [4.78, 5) is 22.6. The van der Waals surface area contributed by atoms with E-state index in [2.05, 4.69) is 5.32 Å². The molecule has 0 bridgehead atoms. The average Bonchev–Trinajstić information content (AvgIpc) is 2.62. The number of hydrogen-bond donors (Lipinski definition) is 1. The Morgan fingerprint density at radius 1 is 1.08 bits per heavy atom. The number of nitro benzene ring substituents is 1. The van der Waals surface area contributed by atoms with Gasteiger partial charge in [-0.2, -0.15) is 0 Å². The van der Waals surface area contributed by atoms with Gasteiger partial charge in [0.2, 0.25) is 0 Å². The molecule has 0 spiro atoms. The van der Waals surface area contributed by atoms with Crippen LogP contribution in [-0.2, 0) is 6.54 Å². The summed E-state index contributed by atoms with van der Waals surface area (Å²) in [6.07, 6.45) is -0.644. The maximum absolute atomic E-state index is 11.9. The largest absolute Gasteiger partial charge is 0.493 e. The summed E-state index contributed by atoms with van der Waals surface area (Å²) in [6, 6.07) is 11.4. The van der Waals surface area contributed by atoms with Gasteiger partial charge in [-0.3, -0.25) is 10.1 Å². The number of carbonyl (C=O) groups is 1. The van der Waals surface area contributed by atoms with Crippen LogP contribution >= 0.6 is 0 Å². The zero-order valence-electron chi connectivity index (χ0n) is 14.6. The summed E-state index contributed by atoms with van der Waals surface area (Å²) in [5.41, 5.74) is 0.358. The van der Waals surface area contributed by atoms with Crippen molar-refractivity contribution in [1.82, 2.24) is 5.32 Å². The maximum atomic E-state index is 11.9. The number of amides is 1. The highest BCUT2D eigenvalue weighted by atomic mass is 16.6. The quantitative estimate of drug-likeness (QED) is 0.569. The Morgan fingerprint density at radius 3 is 2.35 bits per heavy atom. The van der Waals surface area contributed by atoms with Crippen molar-refractivity contribution in [2.75, 3.05) is 13.2 Å². The SMILES string of the molecule is CCOc1cc([N+](=O)[O-])c(OCC)cc1CNC(=O)Oc1ccccc1. The Kier molecular flexibility index (Phi) is 6.78. The van der Waals surface area contributed by atoms with E-state index in [-0.39, 0.29) is 24.6 Å². The van der Waals surface area contributed by atoms with Crippen molar-refractivity contribution in [3.05, 3.63) is 58.1 Å². The number of nitro groups is 1. The monoisotopic (exact) mass is 360 g/mol. The Bertz CT molecular complexity index is 764. The number of rotatable bonds is 8. The number of benzene rings is 2. The van der Waals surface area contributed by atoms with Crippen LogP contribution in [0.15, 0.2) is 42.5 Å². The number of ether oxygens (including phenoxy) is 3. The van der Waals surface area contributed by atoms with Crippen molar-refractivity contribution >= 4 is 11.8 Å². The molecule has 0 saturated carbocycles. The van der Waals surface area contributed by atoms with Crippen LogP contribution in [0.1, 0.15) is 19.4 Å². The van der Waals surface area contributed by atoms with Crippen molar-refractivity contribution in [3.63, 3.8) is 0 Å². The predicted molar refractivity (Wildman–Crippen MR) is 94.7 cm³/mol. The molecule has 8 nitrogen and oxygen atoms in total. The van der Waals surface area contributed by atoms with Crippen LogP contribution in [0.3, 0.4) is 0 Å². The first-order valence-electron chi connectivity index (χ1n) is 8.12. The van der Waals surface area contributed by atoms with Crippen LogP contribution in [0.2, 0.25) is 0 Å². The van der Waals surface area contributed by atoms with Gasteiger partial charge in [-0.05, 0) is 32.0 Å². The van der Waals surface area contributed by atoms with E-state index in [1.54, 1.807) is 38.1 Å². The molecule has 0 fully saturated rings. The summed E-state index contributed by atoms with van der Waals surface area (Å²) in [5, 5.41) is 13.8. The van der Waals surface area contributed by atoms with Crippen LogP contribution in [0, 0.1) is 10.1 Å². The molecule has 0 atom stereocenters. The summed E-state index contributed by atoms with van der Waals surface area (Å²) in [7, 11) is 0. The van der Waals surface area contributed by atoms with E-state index in [0.717, 1.165) is 0 Å². The molecule has 0 aliphatic rings. The zero-order valence-corrected chi connectivity index (χ0v) is 14.6. The van der Waals surface area contributed by atoms with E-state index in [1.807, 2.05) is 6.07 Å². The van der Waals surface area contributed by atoms with Crippen molar-refractivity contribution in [3.8, 4) is 17.2 Å². The third-order valence-corrected chi connectivity index (χ3v) is 3.32. The Balaban J connectivity index is 2.16. The van der Waals surface area contributed by atoms with Crippen molar-refractivity contribution in [2.45, 2.75) is 20.4 Å². The third-order valence-electron chi connectivity index (χ3n) is 3.32. The molecule has 8 heteroatoms. The van der Waals surface area contributed by atoms with Gasteiger partial charge in [0.1, 0.15) is 11.5 Å². The van der Waals surface area contributed by atoms with Crippen molar-refractivity contribution < 1.29 is 23.9 Å². The Morgan fingerprint density at radius 2 is 1.73 bits per heavy atom. The molecule has 0 unspecified atom stereocenters. The van der Waals surface area contributed by atoms with Crippen LogP contribution in [0.4, 0.5) is 10.5 Å². The van der Waals surface area contributed by atoms with Crippen LogP contribution in [-0.4, -0.2) is 24.2 Å². The highest BCUT2D eigenvalue weighted by Crippen LogP contribution is 2.34. The number of para-hydroxylation sites is 1. The van der Waals surface area contributed by atoms with Gasteiger partial charge in [0.05, 0.1) is 24.2 Å². The molecule has 2 rings (SSSR count). The van der Waals surface area contributed by atoms with Gasteiger partial charge in [-0.25, -0.2) is 4.79 Å². The number of carbonyl (C=O) groups excluding carboxylic acids is 1. The molecule has 0 saturated heterocycles. The third kappa shape index (κ3) is 5.10. The molecule has 0 aliphatic heterocycles. The van der Waals surface area contributed by atoms with Crippen LogP contribution in [0.5, 0.6) is 17.2 Å². The van der Waals surface area contributed by atoms with Gasteiger partial charge in [0.15, 0.2) is 5.75 Å². The molecule has 2 aromatic carbocycles. The summed E-state index contributed by atoms with van der Waals surface area (Å²) >= 11 is 0. The summed E-state index contributed by atoms with van der Waals surface area (Å²) < 4.78 is 15.9. The Labute approximate surface area is 150 Å². The predicted octanol–water partition coefficient (Wildman–Crippen LogP) is 3.68. The van der Waals surface area contributed by atoms with Crippen molar-refractivity contribution in [2.24, 2.45) is 0 Å². The molecule has 26 heavy (non-hydrogen) atoms. The molecule has 138 valence electrons. The fourth-order valence-corrected chi connectivity index (χ4v) is 2.23. The lowest BCUT2D eigenvalue weighted by Gasteiger charge is -2.14. The van der Waals surface area contributed by atoms with Crippen molar-refractivity contribution in [1.29, 1.82) is 0 Å². The molecule has 1 amide bonds. The van der Waals surface area contributed by atoms with Crippen LogP contribution in [0.25, 0.3) is 0 Å². The van der Waals surface area contributed by atoms with E-state index in [0.29, 0.717) is 23.7 Å². The molecule has 0 radical (unpaired) electrons. The lowest BCUT2D eigenvalue weighted by Crippen LogP contribution is -2.26. The van der Waals surface area contributed by atoms with Gasteiger partial charge in [0, 0.05) is 12.1 Å². The normalized spacial score (nSPS) is 10.1. The van der Waals surface area contributed by atoms with E-state index in [4.69, 9.17) is 14.2 Å². The van der Waals surface area contributed by atoms with E-state index < -0.39 is 11.0 Å².